The van der Waals surface area contributed by atoms with Crippen molar-refractivity contribution >= 4 is 5.97 Å². The Labute approximate surface area is 120 Å². The van der Waals surface area contributed by atoms with Crippen molar-refractivity contribution in [1.29, 1.82) is 0 Å². The summed E-state index contributed by atoms with van der Waals surface area (Å²) in [6.07, 6.45) is 2.05. The maximum atomic E-state index is 11.9. The zero-order chi connectivity index (χ0) is 15.2. The van der Waals surface area contributed by atoms with E-state index < -0.39 is 11.1 Å². The minimum absolute atomic E-state index is 0.156. The molecule has 2 aliphatic rings. The Hall–Kier alpha value is -1.01. The SMILES string of the molecule is CC1(CCC(=O)OC2CC(C)(C)N(O)C(C)(C)C2)N=N1. The van der Waals surface area contributed by atoms with E-state index in [1.807, 2.05) is 34.6 Å². The van der Waals surface area contributed by atoms with Crippen LogP contribution in [0.4, 0.5) is 0 Å². The minimum Gasteiger partial charge on any atom is -0.462 e. The molecule has 0 aromatic rings. The van der Waals surface area contributed by atoms with E-state index in [1.54, 1.807) is 0 Å². The molecule has 1 N–H and O–H groups in total. The molecule has 1 fully saturated rings. The van der Waals surface area contributed by atoms with Crippen LogP contribution in [0.5, 0.6) is 0 Å². The molecular formula is C14H25N3O3. The summed E-state index contributed by atoms with van der Waals surface area (Å²) in [5.74, 6) is -0.202. The summed E-state index contributed by atoms with van der Waals surface area (Å²) in [5.41, 5.74) is -1.16. The Bertz CT molecular complexity index is 407. The quantitative estimate of drug-likeness (QED) is 0.805. The van der Waals surface area contributed by atoms with E-state index in [-0.39, 0.29) is 17.7 Å². The molecule has 0 radical (unpaired) electrons. The van der Waals surface area contributed by atoms with Crippen LogP contribution in [0.1, 0.15) is 60.3 Å². The number of rotatable bonds is 4. The van der Waals surface area contributed by atoms with Crippen molar-refractivity contribution in [3.05, 3.63) is 0 Å². The molecule has 20 heavy (non-hydrogen) atoms. The fourth-order valence-electron chi connectivity index (χ4n) is 3.03. The highest BCUT2D eigenvalue weighted by atomic mass is 16.5. The third-order valence-corrected chi connectivity index (χ3v) is 4.14. The number of nitrogens with zero attached hydrogens (tertiary/aromatic N) is 3. The van der Waals surface area contributed by atoms with E-state index in [1.165, 1.54) is 5.06 Å². The van der Waals surface area contributed by atoms with Gasteiger partial charge < -0.3 is 9.94 Å². The monoisotopic (exact) mass is 283 g/mol. The topological polar surface area (TPSA) is 74.5 Å². The number of ether oxygens (including phenoxy) is 1. The molecule has 1 saturated heterocycles. The van der Waals surface area contributed by atoms with Crippen molar-refractivity contribution < 1.29 is 14.7 Å². The van der Waals surface area contributed by atoms with Crippen molar-refractivity contribution in [1.82, 2.24) is 5.06 Å². The average Bonchev–Trinajstić information content (AvgIpc) is 3.02. The summed E-state index contributed by atoms with van der Waals surface area (Å²) >= 11 is 0. The zero-order valence-corrected chi connectivity index (χ0v) is 13.0. The van der Waals surface area contributed by atoms with Crippen LogP contribution in [0.2, 0.25) is 0 Å². The first-order valence-corrected chi connectivity index (χ1v) is 7.17. The summed E-state index contributed by atoms with van der Waals surface area (Å²) in [4.78, 5) is 11.9. The smallest absolute Gasteiger partial charge is 0.306 e. The van der Waals surface area contributed by atoms with E-state index in [2.05, 4.69) is 10.2 Å². The van der Waals surface area contributed by atoms with Crippen LogP contribution in [0.25, 0.3) is 0 Å². The lowest BCUT2D eigenvalue weighted by Crippen LogP contribution is -2.60. The summed E-state index contributed by atoms with van der Waals surface area (Å²) in [7, 11) is 0. The number of hydrogen-bond acceptors (Lipinski definition) is 6. The molecule has 0 bridgehead atoms. The van der Waals surface area contributed by atoms with Gasteiger partial charge in [0, 0.05) is 36.8 Å². The average molecular weight is 283 g/mol. The maximum Gasteiger partial charge on any atom is 0.306 e. The molecule has 0 atom stereocenters. The second-order valence-electron chi connectivity index (χ2n) is 7.37. The number of carbonyl (C=O) groups is 1. The summed E-state index contributed by atoms with van der Waals surface area (Å²) in [6.45, 7) is 9.72. The predicted octanol–water partition coefficient (Wildman–Crippen LogP) is 2.90. The van der Waals surface area contributed by atoms with Gasteiger partial charge in [-0.2, -0.15) is 15.3 Å². The zero-order valence-electron chi connectivity index (χ0n) is 13.0. The fraction of sp³-hybridized carbons (Fsp3) is 0.929. The number of carbonyl (C=O) groups excluding carboxylic acids is 1. The Kier molecular flexibility index (Phi) is 3.67. The lowest BCUT2D eigenvalue weighted by molar-refractivity contribution is -0.259. The van der Waals surface area contributed by atoms with E-state index >= 15 is 0 Å². The molecule has 0 saturated carbocycles. The first-order chi connectivity index (χ1) is 9.04. The van der Waals surface area contributed by atoms with Crippen LogP contribution >= 0.6 is 0 Å². The largest absolute Gasteiger partial charge is 0.462 e. The van der Waals surface area contributed by atoms with Crippen LogP contribution in [0.15, 0.2) is 10.2 Å². The summed E-state index contributed by atoms with van der Waals surface area (Å²) in [6, 6.07) is 0. The van der Waals surface area contributed by atoms with Gasteiger partial charge in [-0.1, -0.05) is 0 Å². The van der Waals surface area contributed by atoms with Gasteiger partial charge in [0.15, 0.2) is 5.66 Å². The highest BCUT2D eigenvalue weighted by Crippen LogP contribution is 2.38. The molecule has 0 unspecified atom stereocenters. The highest BCUT2D eigenvalue weighted by molar-refractivity contribution is 5.69. The van der Waals surface area contributed by atoms with Gasteiger partial charge in [-0.05, 0) is 34.6 Å². The van der Waals surface area contributed by atoms with Gasteiger partial charge in [-0.15, -0.1) is 0 Å². The van der Waals surface area contributed by atoms with Crippen LogP contribution < -0.4 is 0 Å². The Morgan fingerprint density at radius 2 is 1.70 bits per heavy atom. The van der Waals surface area contributed by atoms with Gasteiger partial charge >= 0.3 is 5.97 Å². The van der Waals surface area contributed by atoms with Gasteiger partial charge in [-0.25, -0.2) is 0 Å². The molecule has 0 amide bonds. The first kappa shape index (κ1) is 15.4. The van der Waals surface area contributed by atoms with Crippen molar-refractivity contribution in [3.63, 3.8) is 0 Å². The van der Waals surface area contributed by atoms with Gasteiger partial charge in [0.25, 0.3) is 0 Å². The van der Waals surface area contributed by atoms with Crippen molar-refractivity contribution in [2.45, 2.75) is 83.1 Å². The second-order valence-corrected chi connectivity index (χ2v) is 7.37. The second kappa shape index (κ2) is 4.77. The van der Waals surface area contributed by atoms with Gasteiger partial charge in [0.05, 0.1) is 0 Å². The minimum atomic E-state index is -0.403. The van der Waals surface area contributed by atoms with E-state index in [4.69, 9.17) is 4.74 Å². The van der Waals surface area contributed by atoms with Crippen molar-refractivity contribution in [2.75, 3.05) is 0 Å². The molecule has 2 rings (SSSR count). The summed E-state index contributed by atoms with van der Waals surface area (Å²) in [5, 5.41) is 19.4. The fourth-order valence-corrected chi connectivity index (χ4v) is 3.03. The predicted molar refractivity (Wildman–Crippen MR) is 73.4 cm³/mol. The Morgan fingerprint density at radius 1 is 1.20 bits per heavy atom. The van der Waals surface area contributed by atoms with Crippen LogP contribution in [0, 0.1) is 0 Å². The van der Waals surface area contributed by atoms with Gasteiger partial charge in [0.1, 0.15) is 6.10 Å². The van der Waals surface area contributed by atoms with Crippen LogP contribution in [-0.2, 0) is 9.53 Å². The molecule has 2 aliphatic heterocycles. The number of esters is 1. The molecule has 6 heteroatoms. The standard InChI is InChI=1S/C14H25N3O3/c1-12(2)8-10(9-13(3,4)17(12)19)20-11(18)6-7-14(5)15-16-14/h10,19H,6-9H2,1-5H3. The lowest BCUT2D eigenvalue weighted by atomic mass is 9.80. The molecule has 114 valence electrons. The third-order valence-electron chi connectivity index (χ3n) is 4.14. The highest BCUT2D eigenvalue weighted by Gasteiger charge is 2.46. The van der Waals surface area contributed by atoms with Crippen molar-refractivity contribution in [2.24, 2.45) is 10.2 Å². The Balaban J connectivity index is 1.87. The molecule has 0 aliphatic carbocycles. The third kappa shape index (κ3) is 3.35. The maximum absolute atomic E-state index is 11.9. The number of hydroxylamine groups is 2. The van der Waals surface area contributed by atoms with E-state index in [0.29, 0.717) is 25.7 Å². The molecular weight excluding hydrogens is 258 g/mol. The lowest BCUT2D eigenvalue weighted by Gasteiger charge is -2.50. The molecule has 0 spiro atoms. The molecule has 6 nitrogen and oxygen atoms in total. The molecule has 2 heterocycles. The van der Waals surface area contributed by atoms with E-state index in [0.717, 1.165) is 0 Å². The number of piperidine rings is 1. The normalized spacial score (nSPS) is 27.3. The Morgan fingerprint density at radius 3 is 2.15 bits per heavy atom. The number of hydrogen-bond donors (Lipinski definition) is 1. The van der Waals surface area contributed by atoms with E-state index in [9.17, 15) is 10.0 Å². The van der Waals surface area contributed by atoms with Crippen LogP contribution in [-0.4, -0.2) is 39.1 Å². The first-order valence-electron chi connectivity index (χ1n) is 7.17. The summed E-state index contributed by atoms with van der Waals surface area (Å²) < 4.78 is 5.57. The van der Waals surface area contributed by atoms with Crippen molar-refractivity contribution in [3.8, 4) is 0 Å². The van der Waals surface area contributed by atoms with Gasteiger partial charge in [0.2, 0.25) is 0 Å². The van der Waals surface area contributed by atoms with Crippen LogP contribution in [0.3, 0.4) is 0 Å². The van der Waals surface area contributed by atoms with Gasteiger partial charge in [-0.3, -0.25) is 4.79 Å². The molecule has 0 aromatic carbocycles. The molecule has 0 aromatic heterocycles.